The first kappa shape index (κ1) is 12.6. The van der Waals surface area contributed by atoms with Crippen molar-refractivity contribution in [2.75, 3.05) is 19.8 Å². The van der Waals surface area contributed by atoms with Gasteiger partial charge in [0.05, 0.1) is 13.2 Å². The normalized spacial score (nSPS) is 15.2. The number of hydrogen-bond donors (Lipinski definition) is 1. The first-order valence-electron chi connectivity index (χ1n) is 6.63. The Hall–Kier alpha value is -0.860. The zero-order valence-electron chi connectivity index (χ0n) is 11.0. The summed E-state index contributed by atoms with van der Waals surface area (Å²) >= 11 is 0. The molecule has 17 heavy (non-hydrogen) atoms. The molecule has 0 aliphatic heterocycles. The topological polar surface area (TPSA) is 21.3 Å². The molecule has 1 aromatic rings. The van der Waals surface area contributed by atoms with E-state index in [2.05, 4.69) is 37.4 Å². The maximum atomic E-state index is 5.65. The maximum absolute atomic E-state index is 5.65. The third-order valence-electron chi connectivity index (χ3n) is 3.28. The molecule has 0 spiro atoms. The molecule has 0 amide bonds. The van der Waals surface area contributed by atoms with Crippen molar-refractivity contribution in [3.05, 3.63) is 34.9 Å². The molecule has 1 aromatic carbocycles. The Labute approximate surface area is 104 Å². The molecular formula is C15H23NO. The van der Waals surface area contributed by atoms with Crippen LogP contribution in [0.5, 0.6) is 0 Å². The molecule has 0 aromatic heterocycles. The van der Waals surface area contributed by atoms with E-state index in [-0.39, 0.29) is 0 Å². The van der Waals surface area contributed by atoms with Crippen molar-refractivity contribution in [1.82, 2.24) is 5.32 Å². The Balaban J connectivity index is 1.61. The second kappa shape index (κ2) is 6.18. The summed E-state index contributed by atoms with van der Waals surface area (Å²) in [4.78, 5) is 0. The second-order valence-electron chi connectivity index (χ2n) is 5.02. The SMILES string of the molecule is Cc1ccc(C)c(CCOCCNC2CC2)c1. The van der Waals surface area contributed by atoms with E-state index in [0.29, 0.717) is 0 Å². The lowest BCUT2D eigenvalue weighted by atomic mass is 10.0. The molecule has 1 saturated carbocycles. The number of aryl methyl sites for hydroxylation is 2. The number of nitrogens with one attached hydrogen (secondary N) is 1. The molecule has 2 rings (SSSR count). The maximum Gasteiger partial charge on any atom is 0.0591 e. The monoisotopic (exact) mass is 233 g/mol. The van der Waals surface area contributed by atoms with Crippen LogP contribution in [0.4, 0.5) is 0 Å². The van der Waals surface area contributed by atoms with Crippen molar-refractivity contribution >= 4 is 0 Å². The van der Waals surface area contributed by atoms with Gasteiger partial charge >= 0.3 is 0 Å². The van der Waals surface area contributed by atoms with Crippen molar-refractivity contribution in [3.63, 3.8) is 0 Å². The Kier molecular flexibility index (Phi) is 4.57. The van der Waals surface area contributed by atoms with Gasteiger partial charge in [-0.2, -0.15) is 0 Å². The highest BCUT2D eigenvalue weighted by molar-refractivity contribution is 5.30. The Morgan fingerprint density at radius 2 is 2.06 bits per heavy atom. The largest absolute Gasteiger partial charge is 0.380 e. The molecule has 0 atom stereocenters. The van der Waals surface area contributed by atoms with Crippen LogP contribution < -0.4 is 5.32 Å². The summed E-state index contributed by atoms with van der Waals surface area (Å²) in [6.07, 6.45) is 3.72. The van der Waals surface area contributed by atoms with Crippen LogP contribution in [-0.4, -0.2) is 25.8 Å². The van der Waals surface area contributed by atoms with Crippen LogP contribution in [0, 0.1) is 13.8 Å². The minimum atomic E-state index is 0.789. The minimum absolute atomic E-state index is 0.789. The molecule has 0 bridgehead atoms. The van der Waals surface area contributed by atoms with Gasteiger partial charge in [0.25, 0.3) is 0 Å². The fraction of sp³-hybridized carbons (Fsp3) is 0.600. The molecule has 1 aliphatic carbocycles. The molecular weight excluding hydrogens is 210 g/mol. The summed E-state index contributed by atoms with van der Waals surface area (Å²) in [6, 6.07) is 7.41. The summed E-state index contributed by atoms with van der Waals surface area (Å²) in [5.41, 5.74) is 4.12. The minimum Gasteiger partial charge on any atom is -0.380 e. The zero-order valence-corrected chi connectivity index (χ0v) is 11.0. The van der Waals surface area contributed by atoms with Gasteiger partial charge in [0.15, 0.2) is 0 Å². The predicted octanol–water partition coefficient (Wildman–Crippen LogP) is 2.61. The van der Waals surface area contributed by atoms with Gasteiger partial charge < -0.3 is 10.1 Å². The number of hydrogen-bond acceptors (Lipinski definition) is 2. The van der Waals surface area contributed by atoms with Crippen molar-refractivity contribution in [2.24, 2.45) is 0 Å². The van der Waals surface area contributed by atoms with E-state index in [4.69, 9.17) is 4.74 Å². The van der Waals surface area contributed by atoms with E-state index in [9.17, 15) is 0 Å². The van der Waals surface area contributed by atoms with Gasteiger partial charge in [-0.05, 0) is 44.2 Å². The lowest BCUT2D eigenvalue weighted by Gasteiger charge is -2.08. The molecule has 0 saturated heterocycles. The first-order chi connectivity index (χ1) is 8.25. The highest BCUT2D eigenvalue weighted by Gasteiger charge is 2.19. The van der Waals surface area contributed by atoms with Gasteiger partial charge in [0.2, 0.25) is 0 Å². The average Bonchev–Trinajstić information content (AvgIpc) is 3.11. The van der Waals surface area contributed by atoms with Crippen LogP contribution in [0.15, 0.2) is 18.2 Å². The van der Waals surface area contributed by atoms with E-state index >= 15 is 0 Å². The van der Waals surface area contributed by atoms with Crippen LogP contribution in [0.2, 0.25) is 0 Å². The molecule has 1 aliphatic rings. The Morgan fingerprint density at radius 1 is 1.24 bits per heavy atom. The van der Waals surface area contributed by atoms with Crippen LogP contribution in [-0.2, 0) is 11.2 Å². The van der Waals surface area contributed by atoms with Crippen LogP contribution in [0.3, 0.4) is 0 Å². The predicted molar refractivity (Wildman–Crippen MR) is 71.5 cm³/mol. The van der Waals surface area contributed by atoms with Crippen LogP contribution in [0.25, 0.3) is 0 Å². The number of benzene rings is 1. The van der Waals surface area contributed by atoms with Crippen molar-refractivity contribution < 1.29 is 4.74 Å². The zero-order chi connectivity index (χ0) is 12.1. The quantitative estimate of drug-likeness (QED) is 0.731. The molecule has 2 heteroatoms. The van der Waals surface area contributed by atoms with Crippen molar-refractivity contribution in [2.45, 2.75) is 39.2 Å². The highest BCUT2D eigenvalue weighted by Crippen LogP contribution is 2.17. The molecule has 2 nitrogen and oxygen atoms in total. The third kappa shape index (κ3) is 4.49. The Morgan fingerprint density at radius 3 is 2.82 bits per heavy atom. The van der Waals surface area contributed by atoms with Gasteiger partial charge in [-0.1, -0.05) is 23.8 Å². The lowest BCUT2D eigenvalue weighted by molar-refractivity contribution is 0.138. The van der Waals surface area contributed by atoms with Gasteiger partial charge in [-0.25, -0.2) is 0 Å². The average molecular weight is 233 g/mol. The first-order valence-corrected chi connectivity index (χ1v) is 6.63. The van der Waals surface area contributed by atoms with Crippen LogP contribution >= 0.6 is 0 Å². The summed E-state index contributed by atoms with van der Waals surface area (Å²) in [5, 5.41) is 3.45. The molecule has 1 fully saturated rings. The van der Waals surface area contributed by atoms with Crippen molar-refractivity contribution in [3.8, 4) is 0 Å². The van der Waals surface area contributed by atoms with E-state index in [1.807, 2.05) is 0 Å². The van der Waals surface area contributed by atoms with Gasteiger partial charge in [0, 0.05) is 12.6 Å². The van der Waals surface area contributed by atoms with Crippen LogP contribution in [0.1, 0.15) is 29.5 Å². The highest BCUT2D eigenvalue weighted by atomic mass is 16.5. The van der Waals surface area contributed by atoms with Gasteiger partial charge in [0.1, 0.15) is 0 Å². The standard InChI is InChI=1S/C15H23NO/c1-12-3-4-13(2)14(11-12)7-9-17-10-8-16-15-5-6-15/h3-4,11,15-16H,5-10H2,1-2H3. The molecule has 0 heterocycles. The number of rotatable bonds is 7. The summed E-state index contributed by atoms with van der Waals surface area (Å²) < 4.78 is 5.65. The van der Waals surface area contributed by atoms with E-state index in [0.717, 1.165) is 32.2 Å². The van der Waals surface area contributed by atoms with Gasteiger partial charge in [-0.15, -0.1) is 0 Å². The molecule has 0 radical (unpaired) electrons. The summed E-state index contributed by atoms with van der Waals surface area (Å²) in [7, 11) is 0. The molecule has 1 N–H and O–H groups in total. The fourth-order valence-corrected chi connectivity index (χ4v) is 1.98. The third-order valence-corrected chi connectivity index (χ3v) is 3.28. The smallest absolute Gasteiger partial charge is 0.0591 e. The fourth-order valence-electron chi connectivity index (χ4n) is 1.98. The lowest BCUT2D eigenvalue weighted by Crippen LogP contribution is -2.22. The van der Waals surface area contributed by atoms with Gasteiger partial charge in [-0.3, -0.25) is 0 Å². The van der Waals surface area contributed by atoms with E-state index in [1.54, 1.807) is 0 Å². The van der Waals surface area contributed by atoms with E-state index in [1.165, 1.54) is 29.5 Å². The summed E-state index contributed by atoms with van der Waals surface area (Å²) in [6.45, 7) is 6.97. The molecule has 0 unspecified atom stereocenters. The molecule has 94 valence electrons. The van der Waals surface area contributed by atoms with E-state index < -0.39 is 0 Å². The Bertz CT molecular complexity index is 358. The second-order valence-corrected chi connectivity index (χ2v) is 5.02. The number of ether oxygens (including phenoxy) is 1. The summed E-state index contributed by atoms with van der Waals surface area (Å²) in [5.74, 6) is 0. The van der Waals surface area contributed by atoms with Crippen molar-refractivity contribution in [1.29, 1.82) is 0 Å².